The highest BCUT2D eigenvalue weighted by Gasteiger charge is 2.16. The summed E-state index contributed by atoms with van der Waals surface area (Å²) in [5.74, 6) is -0.687. The summed E-state index contributed by atoms with van der Waals surface area (Å²) in [6.07, 6.45) is 0.769. The Morgan fingerprint density at radius 3 is 2.50 bits per heavy atom. The Hall–Kier alpha value is -1.91. The van der Waals surface area contributed by atoms with Crippen LogP contribution < -0.4 is 5.32 Å². The summed E-state index contributed by atoms with van der Waals surface area (Å²) in [6.45, 7) is 0.493. The second kappa shape index (κ2) is 8.81. The monoisotopic (exact) mass is 348 g/mol. The van der Waals surface area contributed by atoms with Crippen LogP contribution in [0, 0.1) is 5.82 Å². The highest BCUT2D eigenvalue weighted by molar-refractivity contribution is 6.31. The first kappa shape index (κ1) is 18.4. The van der Waals surface area contributed by atoms with E-state index in [4.69, 9.17) is 11.6 Å². The molecule has 2 aromatic rings. The molecular formula is C19H22ClFN2O. The van der Waals surface area contributed by atoms with Crippen LogP contribution in [0.5, 0.6) is 0 Å². The molecule has 0 saturated heterocycles. The Kier molecular flexibility index (Phi) is 6.76. The van der Waals surface area contributed by atoms with Gasteiger partial charge < -0.3 is 10.2 Å². The molecule has 2 aromatic carbocycles. The fourth-order valence-corrected chi connectivity index (χ4v) is 2.71. The zero-order valence-electron chi connectivity index (χ0n) is 13.9. The van der Waals surface area contributed by atoms with Gasteiger partial charge >= 0.3 is 0 Å². The topological polar surface area (TPSA) is 32.3 Å². The SMILES string of the molecule is CN(C)C(CNC(=O)Cc1c(F)cccc1Cl)Cc1ccccc1. The molecule has 0 aliphatic carbocycles. The van der Waals surface area contributed by atoms with Crippen molar-refractivity contribution >= 4 is 17.5 Å². The summed E-state index contributed by atoms with van der Waals surface area (Å²) < 4.78 is 13.8. The number of hydrogen-bond acceptors (Lipinski definition) is 2. The zero-order valence-corrected chi connectivity index (χ0v) is 14.7. The third-order valence-electron chi connectivity index (χ3n) is 3.98. The van der Waals surface area contributed by atoms with Crippen LogP contribution in [0.15, 0.2) is 48.5 Å². The fourth-order valence-electron chi connectivity index (χ4n) is 2.48. The van der Waals surface area contributed by atoms with Crippen molar-refractivity contribution in [3.05, 3.63) is 70.5 Å². The van der Waals surface area contributed by atoms with Gasteiger partial charge in [-0.3, -0.25) is 4.79 Å². The van der Waals surface area contributed by atoms with Crippen LogP contribution in [-0.2, 0) is 17.6 Å². The number of hydrogen-bond donors (Lipinski definition) is 1. The molecule has 0 saturated carbocycles. The largest absolute Gasteiger partial charge is 0.354 e. The van der Waals surface area contributed by atoms with E-state index in [0.29, 0.717) is 6.54 Å². The summed E-state index contributed by atoms with van der Waals surface area (Å²) in [5.41, 5.74) is 1.45. The van der Waals surface area contributed by atoms with Gasteiger partial charge in [0.15, 0.2) is 0 Å². The fraction of sp³-hybridized carbons (Fsp3) is 0.316. The third kappa shape index (κ3) is 5.32. The summed E-state index contributed by atoms with van der Waals surface area (Å²) in [5, 5.41) is 3.16. The van der Waals surface area contributed by atoms with Crippen LogP contribution in [0.2, 0.25) is 5.02 Å². The lowest BCUT2D eigenvalue weighted by Gasteiger charge is -2.25. The van der Waals surface area contributed by atoms with Crippen molar-refractivity contribution in [1.29, 1.82) is 0 Å². The van der Waals surface area contributed by atoms with Crippen LogP contribution in [0.4, 0.5) is 4.39 Å². The molecule has 0 heterocycles. The third-order valence-corrected chi connectivity index (χ3v) is 4.33. The van der Waals surface area contributed by atoms with Crippen molar-refractivity contribution in [2.24, 2.45) is 0 Å². The minimum absolute atomic E-state index is 0.0585. The Balaban J connectivity index is 1.93. The number of rotatable bonds is 7. The molecule has 3 nitrogen and oxygen atoms in total. The van der Waals surface area contributed by atoms with E-state index in [-0.39, 0.29) is 29.0 Å². The van der Waals surface area contributed by atoms with Crippen LogP contribution in [0.1, 0.15) is 11.1 Å². The van der Waals surface area contributed by atoms with E-state index >= 15 is 0 Å². The average Bonchev–Trinajstić information content (AvgIpc) is 2.55. The van der Waals surface area contributed by atoms with E-state index in [2.05, 4.69) is 22.3 Å². The second-order valence-electron chi connectivity index (χ2n) is 5.99. The molecule has 24 heavy (non-hydrogen) atoms. The predicted octanol–water partition coefficient (Wildman–Crippen LogP) is 3.31. The van der Waals surface area contributed by atoms with Crippen LogP contribution >= 0.6 is 11.6 Å². The number of carbonyl (C=O) groups excluding carboxylic acids is 1. The van der Waals surface area contributed by atoms with Crippen LogP contribution in [0.3, 0.4) is 0 Å². The predicted molar refractivity (Wildman–Crippen MR) is 95.7 cm³/mol. The summed E-state index contributed by atoms with van der Waals surface area (Å²) in [4.78, 5) is 14.2. The maximum absolute atomic E-state index is 13.8. The molecule has 1 unspecified atom stereocenters. The molecule has 0 fully saturated rings. The van der Waals surface area contributed by atoms with Gasteiger partial charge in [0.2, 0.25) is 5.91 Å². The highest BCUT2D eigenvalue weighted by Crippen LogP contribution is 2.19. The van der Waals surface area contributed by atoms with Gasteiger partial charge in [0, 0.05) is 23.2 Å². The van der Waals surface area contributed by atoms with Gasteiger partial charge in [0.05, 0.1) is 6.42 Å². The molecule has 1 amide bonds. The Bertz CT molecular complexity index is 656. The molecular weight excluding hydrogens is 327 g/mol. The van der Waals surface area contributed by atoms with Gasteiger partial charge in [-0.25, -0.2) is 4.39 Å². The minimum atomic E-state index is -0.453. The van der Waals surface area contributed by atoms with Crippen molar-refractivity contribution in [2.45, 2.75) is 18.9 Å². The van der Waals surface area contributed by atoms with E-state index in [0.717, 1.165) is 6.42 Å². The number of likely N-dealkylation sites (N-methyl/N-ethyl adjacent to an activating group) is 1. The lowest BCUT2D eigenvalue weighted by Crippen LogP contribution is -2.42. The number of nitrogens with zero attached hydrogens (tertiary/aromatic N) is 1. The molecule has 0 aliphatic heterocycles. The van der Waals surface area contributed by atoms with Gasteiger partial charge in [-0.2, -0.15) is 0 Å². The van der Waals surface area contributed by atoms with E-state index in [9.17, 15) is 9.18 Å². The highest BCUT2D eigenvalue weighted by atomic mass is 35.5. The summed E-state index contributed by atoms with van der Waals surface area (Å²) in [6, 6.07) is 14.7. The maximum Gasteiger partial charge on any atom is 0.224 e. The second-order valence-corrected chi connectivity index (χ2v) is 6.40. The Morgan fingerprint density at radius 1 is 1.17 bits per heavy atom. The summed E-state index contributed by atoms with van der Waals surface area (Å²) >= 11 is 5.97. The molecule has 1 atom stereocenters. The van der Waals surface area contributed by atoms with Gasteiger partial charge in [0.25, 0.3) is 0 Å². The molecule has 2 rings (SSSR count). The van der Waals surface area contributed by atoms with E-state index in [1.165, 1.54) is 17.7 Å². The van der Waals surface area contributed by atoms with Gasteiger partial charge in [0.1, 0.15) is 5.82 Å². The number of amides is 1. The van der Waals surface area contributed by atoms with E-state index in [1.807, 2.05) is 32.3 Å². The average molecular weight is 349 g/mol. The normalized spacial score (nSPS) is 12.2. The maximum atomic E-state index is 13.8. The van der Waals surface area contributed by atoms with Crippen molar-refractivity contribution < 1.29 is 9.18 Å². The molecule has 0 radical (unpaired) electrons. The minimum Gasteiger partial charge on any atom is -0.354 e. The molecule has 128 valence electrons. The van der Waals surface area contributed by atoms with Gasteiger partial charge in [-0.1, -0.05) is 48.0 Å². The molecule has 1 N–H and O–H groups in total. The molecule has 0 aliphatic rings. The quantitative estimate of drug-likeness (QED) is 0.832. The van der Waals surface area contributed by atoms with E-state index in [1.54, 1.807) is 6.07 Å². The smallest absolute Gasteiger partial charge is 0.224 e. The number of carbonyl (C=O) groups is 1. The van der Waals surface area contributed by atoms with Crippen molar-refractivity contribution in [3.8, 4) is 0 Å². The Labute approximate surface area is 147 Å². The molecule has 0 aromatic heterocycles. The van der Waals surface area contributed by atoms with Crippen molar-refractivity contribution in [3.63, 3.8) is 0 Å². The van der Waals surface area contributed by atoms with Gasteiger partial charge in [-0.05, 0) is 38.2 Å². The lowest BCUT2D eigenvalue weighted by atomic mass is 10.0. The van der Waals surface area contributed by atoms with Crippen LogP contribution in [-0.4, -0.2) is 37.5 Å². The number of benzene rings is 2. The zero-order chi connectivity index (χ0) is 17.5. The van der Waals surface area contributed by atoms with Crippen molar-refractivity contribution in [2.75, 3.05) is 20.6 Å². The standard InChI is InChI=1S/C19H22ClFN2O/c1-23(2)15(11-14-7-4-3-5-8-14)13-22-19(24)12-16-17(20)9-6-10-18(16)21/h3-10,15H,11-13H2,1-2H3,(H,22,24). The van der Waals surface area contributed by atoms with E-state index < -0.39 is 5.82 Å². The first-order valence-corrected chi connectivity index (χ1v) is 8.25. The molecule has 0 bridgehead atoms. The molecule has 5 heteroatoms. The molecule has 0 spiro atoms. The first-order chi connectivity index (χ1) is 11.5. The summed E-state index contributed by atoms with van der Waals surface area (Å²) in [7, 11) is 3.96. The van der Waals surface area contributed by atoms with Crippen LogP contribution in [0.25, 0.3) is 0 Å². The van der Waals surface area contributed by atoms with Crippen molar-refractivity contribution in [1.82, 2.24) is 10.2 Å². The number of halogens is 2. The number of nitrogens with one attached hydrogen (secondary N) is 1. The first-order valence-electron chi connectivity index (χ1n) is 7.87. The lowest BCUT2D eigenvalue weighted by molar-refractivity contribution is -0.120. The Morgan fingerprint density at radius 2 is 1.88 bits per heavy atom. The van der Waals surface area contributed by atoms with Gasteiger partial charge in [-0.15, -0.1) is 0 Å².